The van der Waals surface area contributed by atoms with Crippen LogP contribution in [0.1, 0.15) is 38.6 Å². The molecule has 0 radical (unpaired) electrons. The molecule has 0 saturated heterocycles. The molecule has 4 heteroatoms. The number of nitrogens with zero attached hydrogens (tertiary/aromatic N) is 2. The lowest BCUT2D eigenvalue weighted by molar-refractivity contribution is 0.328. The van der Waals surface area contributed by atoms with Crippen molar-refractivity contribution < 1.29 is 0 Å². The molecule has 0 aliphatic carbocycles. The lowest BCUT2D eigenvalue weighted by atomic mass is 9.84. The Bertz CT molecular complexity index is 368. The molecular weight excluding hydrogens is 212 g/mol. The lowest BCUT2D eigenvalue weighted by Gasteiger charge is -2.32. The molecule has 0 aliphatic rings. The van der Waals surface area contributed by atoms with E-state index in [0.29, 0.717) is 12.6 Å². The quantitative estimate of drug-likeness (QED) is 0.841. The van der Waals surface area contributed by atoms with Gasteiger partial charge < -0.3 is 11.1 Å². The minimum absolute atomic E-state index is 0.150. The third-order valence-corrected chi connectivity index (χ3v) is 2.89. The van der Waals surface area contributed by atoms with E-state index in [-0.39, 0.29) is 5.41 Å². The average Bonchev–Trinajstić information content (AvgIpc) is 2.21. The molecule has 1 atom stereocenters. The van der Waals surface area contributed by atoms with Crippen LogP contribution in [0, 0.1) is 19.3 Å². The van der Waals surface area contributed by atoms with Crippen LogP contribution in [0.4, 0.5) is 5.82 Å². The topological polar surface area (TPSA) is 63.8 Å². The van der Waals surface area contributed by atoms with E-state index in [1.54, 1.807) is 6.20 Å². The zero-order valence-electron chi connectivity index (χ0n) is 11.5. The maximum Gasteiger partial charge on any atom is 0.147 e. The number of aryl methyl sites for hydroxylation is 2. The molecule has 1 heterocycles. The summed E-state index contributed by atoms with van der Waals surface area (Å²) in [6.45, 7) is 11.2. The van der Waals surface area contributed by atoms with E-state index in [9.17, 15) is 0 Å². The van der Waals surface area contributed by atoms with Crippen LogP contribution in [0.5, 0.6) is 0 Å². The van der Waals surface area contributed by atoms with Crippen LogP contribution in [0.3, 0.4) is 0 Å². The molecule has 1 rings (SSSR count). The fraction of sp³-hybridized carbons (Fsp3) is 0.692. The first-order chi connectivity index (χ1) is 7.84. The highest BCUT2D eigenvalue weighted by atomic mass is 15.1. The molecular formula is C13H24N4. The van der Waals surface area contributed by atoms with Gasteiger partial charge >= 0.3 is 0 Å². The summed E-state index contributed by atoms with van der Waals surface area (Å²) in [7, 11) is 0. The van der Waals surface area contributed by atoms with E-state index in [1.807, 2.05) is 13.8 Å². The Labute approximate surface area is 104 Å². The van der Waals surface area contributed by atoms with Crippen molar-refractivity contribution in [1.82, 2.24) is 9.97 Å². The second kappa shape index (κ2) is 5.45. The van der Waals surface area contributed by atoms with Gasteiger partial charge in [0.25, 0.3) is 0 Å². The molecule has 96 valence electrons. The maximum atomic E-state index is 5.67. The molecule has 0 spiro atoms. The van der Waals surface area contributed by atoms with Gasteiger partial charge in [-0.2, -0.15) is 0 Å². The SMILES string of the molecule is Cc1cnc(C)c(NC(CCN)C(C)(C)C)n1. The smallest absolute Gasteiger partial charge is 0.147 e. The predicted molar refractivity (Wildman–Crippen MR) is 72.0 cm³/mol. The van der Waals surface area contributed by atoms with Crippen molar-refractivity contribution in [3.8, 4) is 0 Å². The molecule has 17 heavy (non-hydrogen) atoms. The molecule has 1 unspecified atom stereocenters. The molecule has 3 N–H and O–H groups in total. The number of aromatic nitrogens is 2. The van der Waals surface area contributed by atoms with Crippen molar-refractivity contribution in [2.45, 2.75) is 47.1 Å². The Morgan fingerprint density at radius 3 is 2.53 bits per heavy atom. The van der Waals surface area contributed by atoms with Crippen molar-refractivity contribution in [3.63, 3.8) is 0 Å². The number of hydrogen-bond donors (Lipinski definition) is 2. The summed E-state index contributed by atoms with van der Waals surface area (Å²) >= 11 is 0. The summed E-state index contributed by atoms with van der Waals surface area (Å²) in [5, 5.41) is 3.48. The van der Waals surface area contributed by atoms with Gasteiger partial charge in [0, 0.05) is 12.2 Å². The van der Waals surface area contributed by atoms with Crippen molar-refractivity contribution in [2.75, 3.05) is 11.9 Å². The predicted octanol–water partition coefficient (Wildman–Crippen LogP) is 2.27. The first-order valence-electron chi connectivity index (χ1n) is 6.11. The van der Waals surface area contributed by atoms with Gasteiger partial charge in [0.2, 0.25) is 0 Å². The number of anilines is 1. The monoisotopic (exact) mass is 236 g/mol. The Morgan fingerprint density at radius 2 is 2.00 bits per heavy atom. The number of nitrogens with one attached hydrogen (secondary N) is 1. The number of rotatable bonds is 4. The Hall–Kier alpha value is -1.16. The van der Waals surface area contributed by atoms with Crippen molar-refractivity contribution >= 4 is 5.82 Å². The largest absolute Gasteiger partial charge is 0.365 e. The van der Waals surface area contributed by atoms with Crippen LogP contribution in [0.25, 0.3) is 0 Å². The van der Waals surface area contributed by atoms with Crippen LogP contribution in [-0.2, 0) is 0 Å². The second-order valence-electron chi connectivity index (χ2n) is 5.59. The normalized spacial score (nSPS) is 13.5. The first-order valence-corrected chi connectivity index (χ1v) is 6.11. The lowest BCUT2D eigenvalue weighted by Crippen LogP contribution is -2.36. The minimum atomic E-state index is 0.150. The summed E-state index contributed by atoms with van der Waals surface area (Å²) in [5.74, 6) is 0.873. The van der Waals surface area contributed by atoms with Gasteiger partial charge in [0.1, 0.15) is 5.82 Å². The van der Waals surface area contributed by atoms with E-state index in [1.165, 1.54) is 0 Å². The van der Waals surface area contributed by atoms with E-state index in [0.717, 1.165) is 23.6 Å². The van der Waals surface area contributed by atoms with E-state index < -0.39 is 0 Å². The molecule has 0 aromatic carbocycles. The minimum Gasteiger partial charge on any atom is -0.365 e. The second-order valence-corrected chi connectivity index (χ2v) is 5.59. The van der Waals surface area contributed by atoms with Gasteiger partial charge in [0.05, 0.1) is 11.4 Å². The van der Waals surface area contributed by atoms with E-state index in [4.69, 9.17) is 5.73 Å². The molecule has 1 aromatic rings. The Kier molecular flexibility index (Phi) is 4.46. The van der Waals surface area contributed by atoms with Gasteiger partial charge in [-0.3, -0.25) is 4.98 Å². The number of nitrogens with two attached hydrogens (primary N) is 1. The standard InChI is InChI=1S/C13H24N4/c1-9-8-15-10(2)12(16-9)17-11(6-7-14)13(3,4)5/h8,11H,6-7,14H2,1-5H3,(H,16,17). The molecule has 0 aliphatic heterocycles. The third kappa shape index (κ3) is 3.97. The summed E-state index contributed by atoms with van der Waals surface area (Å²) < 4.78 is 0. The van der Waals surface area contributed by atoms with E-state index >= 15 is 0 Å². The molecule has 0 bridgehead atoms. The van der Waals surface area contributed by atoms with Crippen LogP contribution in [0.2, 0.25) is 0 Å². The Balaban J connectivity index is 2.89. The summed E-state index contributed by atoms with van der Waals surface area (Å²) in [6.07, 6.45) is 2.72. The molecule has 0 fully saturated rings. The average molecular weight is 236 g/mol. The fourth-order valence-corrected chi connectivity index (χ4v) is 1.73. The maximum absolute atomic E-state index is 5.67. The van der Waals surface area contributed by atoms with E-state index in [2.05, 4.69) is 36.1 Å². The highest BCUT2D eigenvalue weighted by Gasteiger charge is 2.24. The van der Waals surface area contributed by atoms with Gasteiger partial charge in [-0.25, -0.2) is 4.98 Å². The van der Waals surface area contributed by atoms with Crippen LogP contribution in [0.15, 0.2) is 6.20 Å². The van der Waals surface area contributed by atoms with Gasteiger partial charge in [-0.05, 0) is 32.2 Å². The molecule has 1 aromatic heterocycles. The fourth-order valence-electron chi connectivity index (χ4n) is 1.73. The summed E-state index contributed by atoms with van der Waals surface area (Å²) in [5.41, 5.74) is 7.68. The van der Waals surface area contributed by atoms with Gasteiger partial charge in [0.15, 0.2) is 0 Å². The van der Waals surface area contributed by atoms with Gasteiger partial charge in [-0.1, -0.05) is 20.8 Å². The van der Waals surface area contributed by atoms with Crippen LogP contribution < -0.4 is 11.1 Å². The van der Waals surface area contributed by atoms with Crippen molar-refractivity contribution in [1.29, 1.82) is 0 Å². The Morgan fingerprint density at radius 1 is 1.35 bits per heavy atom. The van der Waals surface area contributed by atoms with Crippen LogP contribution >= 0.6 is 0 Å². The summed E-state index contributed by atoms with van der Waals surface area (Å²) in [6, 6.07) is 0.308. The highest BCUT2D eigenvalue weighted by molar-refractivity contribution is 5.41. The van der Waals surface area contributed by atoms with Gasteiger partial charge in [-0.15, -0.1) is 0 Å². The molecule has 0 amide bonds. The summed E-state index contributed by atoms with van der Waals surface area (Å²) in [4.78, 5) is 8.81. The molecule has 4 nitrogen and oxygen atoms in total. The van der Waals surface area contributed by atoms with Crippen LogP contribution in [-0.4, -0.2) is 22.6 Å². The van der Waals surface area contributed by atoms with Crippen molar-refractivity contribution in [2.24, 2.45) is 11.1 Å². The first kappa shape index (κ1) is 13.9. The zero-order chi connectivity index (χ0) is 13.1. The van der Waals surface area contributed by atoms with Crippen molar-refractivity contribution in [3.05, 3.63) is 17.6 Å². The molecule has 0 saturated carbocycles. The third-order valence-electron chi connectivity index (χ3n) is 2.89. The number of hydrogen-bond acceptors (Lipinski definition) is 4. The zero-order valence-corrected chi connectivity index (χ0v) is 11.5. The highest BCUT2D eigenvalue weighted by Crippen LogP contribution is 2.25.